The number of aromatic nitrogens is 3. The van der Waals surface area contributed by atoms with Gasteiger partial charge in [0, 0.05) is 25.0 Å². The molecule has 3 N–H and O–H groups in total. The highest BCUT2D eigenvalue weighted by atomic mass is 19.4. The van der Waals surface area contributed by atoms with Gasteiger partial charge in [-0.05, 0) is 25.1 Å². The summed E-state index contributed by atoms with van der Waals surface area (Å²) in [5.74, 6) is 0.244. The van der Waals surface area contributed by atoms with Crippen LogP contribution in [0.4, 0.5) is 29.7 Å². The fourth-order valence-corrected chi connectivity index (χ4v) is 1.73. The minimum Gasteiger partial charge on any atom is -0.352 e. The Hall–Kier alpha value is -2.91. The molecule has 0 aliphatic carbocycles. The molecule has 2 rings (SSSR count). The smallest absolute Gasteiger partial charge is 0.352 e. The first-order valence-electron chi connectivity index (χ1n) is 6.97. The summed E-state index contributed by atoms with van der Waals surface area (Å²) < 4.78 is 37.5. The Morgan fingerprint density at radius 1 is 1.17 bits per heavy atom. The van der Waals surface area contributed by atoms with Gasteiger partial charge < -0.3 is 10.6 Å². The highest BCUT2D eigenvalue weighted by Gasteiger charge is 2.32. The number of hydrogen-bond acceptors (Lipinski definition) is 5. The van der Waals surface area contributed by atoms with Crippen LogP contribution in [0.3, 0.4) is 0 Å². The van der Waals surface area contributed by atoms with Gasteiger partial charge in [-0.1, -0.05) is 6.07 Å². The maximum atomic E-state index is 12.5. The number of nitrogens with one attached hydrogen (secondary N) is 3. The molecule has 0 saturated heterocycles. The number of amides is 2. The number of urea groups is 1. The van der Waals surface area contributed by atoms with Crippen molar-refractivity contribution in [1.29, 1.82) is 0 Å². The molecule has 128 valence electrons. The highest BCUT2D eigenvalue weighted by Crippen LogP contribution is 2.27. The SMILES string of the molecule is Cc1cccc(NC(=O)NCCNc2nccc(C(F)(F)F)n2)n1. The third kappa shape index (κ3) is 5.38. The van der Waals surface area contributed by atoms with E-state index in [4.69, 9.17) is 0 Å². The zero-order valence-electron chi connectivity index (χ0n) is 12.7. The van der Waals surface area contributed by atoms with Crippen LogP contribution in [0.5, 0.6) is 0 Å². The van der Waals surface area contributed by atoms with Gasteiger partial charge in [-0.2, -0.15) is 13.2 Å². The largest absolute Gasteiger partial charge is 0.433 e. The molecule has 2 heterocycles. The van der Waals surface area contributed by atoms with Crippen LogP contribution in [-0.4, -0.2) is 34.1 Å². The first kappa shape index (κ1) is 17.4. The fourth-order valence-electron chi connectivity index (χ4n) is 1.73. The molecule has 0 bridgehead atoms. The lowest BCUT2D eigenvalue weighted by molar-refractivity contribution is -0.141. The Kier molecular flexibility index (Phi) is 5.51. The van der Waals surface area contributed by atoms with Crippen LogP contribution >= 0.6 is 0 Å². The lowest BCUT2D eigenvalue weighted by atomic mass is 10.4. The molecule has 24 heavy (non-hydrogen) atoms. The Labute approximate surface area is 135 Å². The van der Waals surface area contributed by atoms with Gasteiger partial charge in [0.25, 0.3) is 0 Å². The van der Waals surface area contributed by atoms with E-state index in [-0.39, 0.29) is 19.0 Å². The van der Waals surface area contributed by atoms with E-state index in [1.54, 1.807) is 25.1 Å². The van der Waals surface area contributed by atoms with E-state index in [0.29, 0.717) is 5.82 Å². The Bertz CT molecular complexity index is 707. The summed E-state index contributed by atoms with van der Waals surface area (Å²) >= 11 is 0. The molecule has 0 atom stereocenters. The summed E-state index contributed by atoms with van der Waals surface area (Å²) in [6.07, 6.45) is -3.51. The number of halogens is 3. The van der Waals surface area contributed by atoms with Crippen LogP contribution in [0.2, 0.25) is 0 Å². The van der Waals surface area contributed by atoms with Gasteiger partial charge in [-0.25, -0.2) is 19.7 Å². The second-order valence-electron chi connectivity index (χ2n) is 4.74. The molecule has 0 spiro atoms. The van der Waals surface area contributed by atoms with Gasteiger partial charge in [0.1, 0.15) is 11.5 Å². The topological polar surface area (TPSA) is 91.8 Å². The fraction of sp³-hybridized carbons (Fsp3) is 0.286. The molecule has 10 heteroatoms. The number of carbonyl (C=O) groups excluding carboxylic acids is 1. The molecule has 2 aromatic rings. The molecule has 2 amide bonds. The number of carbonyl (C=O) groups is 1. The number of nitrogens with zero attached hydrogens (tertiary/aromatic N) is 3. The molecule has 0 fully saturated rings. The Morgan fingerprint density at radius 2 is 1.96 bits per heavy atom. The average molecular weight is 340 g/mol. The number of aryl methyl sites for hydroxylation is 1. The maximum absolute atomic E-state index is 12.5. The van der Waals surface area contributed by atoms with Crippen LogP contribution in [0.15, 0.2) is 30.5 Å². The van der Waals surface area contributed by atoms with E-state index in [1.807, 2.05) is 0 Å². The first-order valence-corrected chi connectivity index (χ1v) is 6.97. The Morgan fingerprint density at radius 3 is 2.67 bits per heavy atom. The summed E-state index contributed by atoms with van der Waals surface area (Å²) in [7, 11) is 0. The standard InChI is InChI=1S/C14H15F3N6O/c1-9-3-2-4-11(21-9)23-13(24)20-8-7-19-12-18-6-5-10(22-12)14(15,16)17/h2-6H,7-8H2,1H3,(H,18,19,22)(H2,20,21,23,24). The number of alkyl halides is 3. The van der Waals surface area contributed by atoms with E-state index in [1.165, 1.54) is 0 Å². The second kappa shape index (κ2) is 7.57. The number of anilines is 2. The van der Waals surface area contributed by atoms with Crippen LogP contribution in [0, 0.1) is 6.92 Å². The number of rotatable bonds is 5. The van der Waals surface area contributed by atoms with Crippen molar-refractivity contribution in [2.75, 3.05) is 23.7 Å². The van der Waals surface area contributed by atoms with Crippen molar-refractivity contribution in [3.8, 4) is 0 Å². The summed E-state index contributed by atoms with van der Waals surface area (Å²) in [5, 5.41) is 7.68. The van der Waals surface area contributed by atoms with Crippen LogP contribution in [-0.2, 0) is 6.18 Å². The van der Waals surface area contributed by atoms with Crippen LogP contribution < -0.4 is 16.0 Å². The van der Waals surface area contributed by atoms with Crippen molar-refractivity contribution in [1.82, 2.24) is 20.3 Å². The molecule has 2 aromatic heterocycles. The van der Waals surface area contributed by atoms with Crippen molar-refractivity contribution in [3.05, 3.63) is 41.9 Å². The van der Waals surface area contributed by atoms with E-state index >= 15 is 0 Å². The second-order valence-corrected chi connectivity index (χ2v) is 4.74. The zero-order valence-corrected chi connectivity index (χ0v) is 12.7. The normalized spacial score (nSPS) is 11.0. The van der Waals surface area contributed by atoms with Gasteiger partial charge >= 0.3 is 12.2 Å². The van der Waals surface area contributed by atoms with Crippen molar-refractivity contribution in [2.24, 2.45) is 0 Å². The molecule has 0 aliphatic rings. The minimum atomic E-state index is -4.53. The molecule has 7 nitrogen and oxygen atoms in total. The highest BCUT2D eigenvalue weighted by molar-refractivity contribution is 5.88. The predicted molar refractivity (Wildman–Crippen MR) is 81.5 cm³/mol. The Balaban J connectivity index is 1.76. The molecule has 0 unspecified atom stereocenters. The summed E-state index contributed by atoms with van der Waals surface area (Å²) in [6, 6.07) is 5.50. The van der Waals surface area contributed by atoms with E-state index in [0.717, 1.165) is 18.0 Å². The summed E-state index contributed by atoms with van der Waals surface area (Å²) in [5.41, 5.74) is -0.271. The molecule has 0 aromatic carbocycles. The van der Waals surface area contributed by atoms with Gasteiger partial charge in [0.15, 0.2) is 0 Å². The van der Waals surface area contributed by atoms with Crippen LogP contribution in [0.1, 0.15) is 11.4 Å². The molecule has 0 aliphatic heterocycles. The lowest BCUT2D eigenvalue weighted by Gasteiger charge is -2.10. The third-order valence-electron chi connectivity index (χ3n) is 2.77. The molecule has 0 saturated carbocycles. The maximum Gasteiger partial charge on any atom is 0.433 e. The number of hydrogen-bond donors (Lipinski definition) is 3. The van der Waals surface area contributed by atoms with Crippen LogP contribution in [0.25, 0.3) is 0 Å². The van der Waals surface area contributed by atoms with Crippen molar-refractivity contribution in [3.63, 3.8) is 0 Å². The zero-order chi connectivity index (χ0) is 17.6. The number of pyridine rings is 1. The predicted octanol–water partition coefficient (Wildman–Crippen LogP) is 2.43. The van der Waals surface area contributed by atoms with Crippen molar-refractivity contribution in [2.45, 2.75) is 13.1 Å². The van der Waals surface area contributed by atoms with E-state index < -0.39 is 17.9 Å². The van der Waals surface area contributed by atoms with Gasteiger partial charge in [-0.3, -0.25) is 5.32 Å². The van der Waals surface area contributed by atoms with Gasteiger partial charge in [-0.15, -0.1) is 0 Å². The average Bonchev–Trinajstić information content (AvgIpc) is 2.51. The van der Waals surface area contributed by atoms with E-state index in [2.05, 4.69) is 30.9 Å². The third-order valence-corrected chi connectivity index (χ3v) is 2.77. The summed E-state index contributed by atoms with van der Waals surface area (Å²) in [6.45, 7) is 2.12. The van der Waals surface area contributed by atoms with Gasteiger partial charge in [0.2, 0.25) is 5.95 Å². The van der Waals surface area contributed by atoms with Crippen molar-refractivity contribution < 1.29 is 18.0 Å². The van der Waals surface area contributed by atoms with E-state index in [9.17, 15) is 18.0 Å². The first-order chi connectivity index (χ1) is 11.3. The minimum absolute atomic E-state index is 0.160. The molecular weight excluding hydrogens is 325 g/mol. The summed E-state index contributed by atoms with van der Waals surface area (Å²) in [4.78, 5) is 22.8. The molecular formula is C14H15F3N6O. The monoisotopic (exact) mass is 340 g/mol. The molecule has 0 radical (unpaired) electrons. The quantitative estimate of drug-likeness (QED) is 0.727. The lowest BCUT2D eigenvalue weighted by Crippen LogP contribution is -2.33. The van der Waals surface area contributed by atoms with Crippen molar-refractivity contribution >= 4 is 17.8 Å². The van der Waals surface area contributed by atoms with Gasteiger partial charge in [0.05, 0.1) is 0 Å².